The van der Waals surface area contributed by atoms with E-state index in [4.69, 9.17) is 34.8 Å². The van der Waals surface area contributed by atoms with Gasteiger partial charge in [-0.05, 0) is 58.8 Å². The molecule has 0 radical (unpaired) electrons. The van der Waals surface area contributed by atoms with Crippen LogP contribution in [0.5, 0.6) is 0 Å². The second-order valence-electron chi connectivity index (χ2n) is 8.45. The van der Waals surface area contributed by atoms with Crippen LogP contribution in [0.1, 0.15) is 41.3 Å². The monoisotopic (exact) mass is 666 g/mol. The van der Waals surface area contributed by atoms with Gasteiger partial charge in [-0.3, -0.25) is 9.59 Å². The number of amides is 2. The molecule has 38 heavy (non-hydrogen) atoms. The maximum atomic E-state index is 15.1. The number of carbonyl (C=O) groups excluding carboxylic acids is 2. The zero-order valence-electron chi connectivity index (χ0n) is 19.9. The summed E-state index contributed by atoms with van der Waals surface area (Å²) in [5.74, 6) is -8.08. The van der Waals surface area contributed by atoms with E-state index in [-0.39, 0.29) is 36.2 Å². The molecule has 0 spiro atoms. The summed E-state index contributed by atoms with van der Waals surface area (Å²) in [6.45, 7) is 0.302. The van der Waals surface area contributed by atoms with Crippen LogP contribution in [0.15, 0.2) is 40.9 Å². The Balaban J connectivity index is 2.29. The van der Waals surface area contributed by atoms with Crippen LogP contribution in [-0.4, -0.2) is 48.4 Å². The molecule has 208 valence electrons. The molecule has 0 aliphatic rings. The molecule has 1 N–H and O–H groups in total. The first-order valence-corrected chi connectivity index (χ1v) is 12.6. The highest BCUT2D eigenvalue weighted by atomic mass is 79.9. The van der Waals surface area contributed by atoms with Crippen LogP contribution >= 0.6 is 50.7 Å². The van der Waals surface area contributed by atoms with Crippen molar-refractivity contribution in [1.29, 1.82) is 0 Å². The molecule has 0 saturated heterocycles. The lowest BCUT2D eigenvalue weighted by Crippen LogP contribution is -2.48. The molecule has 2 amide bonds. The summed E-state index contributed by atoms with van der Waals surface area (Å²) in [5, 5.41) is 2.05. The van der Waals surface area contributed by atoms with Crippen molar-refractivity contribution in [1.82, 2.24) is 10.2 Å². The van der Waals surface area contributed by atoms with Gasteiger partial charge in [0.05, 0.1) is 26.5 Å². The normalized spacial score (nSPS) is 14.2. The molecule has 0 saturated carbocycles. The van der Waals surface area contributed by atoms with Gasteiger partial charge in [0.25, 0.3) is 11.8 Å². The van der Waals surface area contributed by atoms with Gasteiger partial charge in [0.15, 0.2) is 0 Å². The van der Waals surface area contributed by atoms with Crippen molar-refractivity contribution in [3.05, 3.63) is 72.6 Å². The fraction of sp³-hybridized carbons (Fsp3) is 0.333. The molecule has 0 fully saturated rings. The van der Waals surface area contributed by atoms with Crippen LogP contribution in [0.3, 0.4) is 0 Å². The Labute approximate surface area is 238 Å². The first-order chi connectivity index (χ1) is 17.3. The van der Waals surface area contributed by atoms with E-state index in [2.05, 4.69) is 21.2 Å². The minimum absolute atomic E-state index is 0.0386. The average molecular weight is 669 g/mol. The van der Waals surface area contributed by atoms with Crippen molar-refractivity contribution in [2.24, 2.45) is 0 Å². The summed E-state index contributed by atoms with van der Waals surface area (Å²) in [4.78, 5) is 25.1. The predicted molar refractivity (Wildman–Crippen MR) is 139 cm³/mol. The highest BCUT2D eigenvalue weighted by Gasteiger charge is 2.36. The summed E-state index contributed by atoms with van der Waals surface area (Å²) in [6.07, 6.45) is -3.94. The third kappa shape index (κ3) is 8.53. The Morgan fingerprint density at radius 1 is 1.08 bits per heavy atom. The molecule has 2 aromatic rings. The molecule has 0 aliphatic carbocycles. The lowest BCUT2D eigenvalue weighted by Gasteiger charge is -2.23. The minimum Gasteiger partial charge on any atom is -0.340 e. The fourth-order valence-corrected chi connectivity index (χ4v) is 4.57. The first kappa shape index (κ1) is 32.3. The van der Waals surface area contributed by atoms with Crippen molar-refractivity contribution in [2.75, 3.05) is 13.6 Å². The van der Waals surface area contributed by atoms with Gasteiger partial charge >= 0.3 is 6.18 Å². The zero-order valence-corrected chi connectivity index (χ0v) is 23.7. The number of hydrogen-bond donors (Lipinski definition) is 1. The number of alkyl halides is 5. The van der Waals surface area contributed by atoms with Crippen LogP contribution in [-0.2, 0) is 4.79 Å². The summed E-state index contributed by atoms with van der Waals surface area (Å²) in [5.41, 5.74) is -0.326. The van der Waals surface area contributed by atoms with Crippen LogP contribution < -0.4 is 5.32 Å². The Morgan fingerprint density at radius 3 is 2.11 bits per heavy atom. The van der Waals surface area contributed by atoms with E-state index >= 15 is 4.39 Å². The van der Waals surface area contributed by atoms with Crippen molar-refractivity contribution in [3.8, 4) is 0 Å². The third-order valence-corrected chi connectivity index (χ3v) is 7.08. The number of rotatable bonds is 8. The van der Waals surface area contributed by atoms with E-state index in [0.717, 1.165) is 37.4 Å². The second kappa shape index (κ2) is 12.5. The SMILES string of the molecule is CC(NC(=O)c1ccc(/C(F)=C/C(c2cc(Cl)c(Cl)c(Cl)c2)C(C)(F)F)cc1Br)C(=O)N(C)CC(F)(F)F. The van der Waals surface area contributed by atoms with Gasteiger partial charge < -0.3 is 10.2 Å². The number of carbonyl (C=O) groups is 2. The number of nitrogens with one attached hydrogen (secondary N) is 1. The van der Waals surface area contributed by atoms with E-state index in [1.54, 1.807) is 0 Å². The lowest BCUT2D eigenvalue weighted by molar-refractivity contribution is -0.159. The highest BCUT2D eigenvalue weighted by Crippen LogP contribution is 2.41. The first-order valence-electron chi connectivity index (χ1n) is 10.6. The van der Waals surface area contributed by atoms with E-state index < -0.39 is 48.2 Å². The summed E-state index contributed by atoms with van der Waals surface area (Å²) < 4.78 is 81.5. The smallest absolute Gasteiger partial charge is 0.340 e. The molecular formula is C24H20BrCl3F6N2O2. The van der Waals surface area contributed by atoms with Crippen LogP contribution in [0, 0.1) is 0 Å². The zero-order chi connectivity index (χ0) is 29.2. The van der Waals surface area contributed by atoms with E-state index in [9.17, 15) is 31.5 Å². The second-order valence-corrected chi connectivity index (χ2v) is 10.5. The molecule has 2 rings (SSSR count). The third-order valence-electron chi connectivity index (χ3n) is 5.22. The molecule has 2 unspecified atom stereocenters. The van der Waals surface area contributed by atoms with Gasteiger partial charge in [0, 0.05) is 24.0 Å². The fourth-order valence-electron chi connectivity index (χ4n) is 3.39. The molecule has 2 aromatic carbocycles. The Bertz CT molecular complexity index is 1230. The van der Waals surface area contributed by atoms with Gasteiger partial charge in [-0.25, -0.2) is 13.2 Å². The van der Waals surface area contributed by atoms with E-state index in [1.807, 2.05) is 0 Å². The molecule has 2 atom stereocenters. The minimum atomic E-state index is -4.61. The topological polar surface area (TPSA) is 49.4 Å². The van der Waals surface area contributed by atoms with E-state index in [1.165, 1.54) is 6.92 Å². The van der Waals surface area contributed by atoms with Gasteiger partial charge in [0.2, 0.25) is 5.91 Å². The van der Waals surface area contributed by atoms with Gasteiger partial charge in [0.1, 0.15) is 18.4 Å². The Morgan fingerprint density at radius 2 is 1.63 bits per heavy atom. The molecule has 0 aliphatic heterocycles. The van der Waals surface area contributed by atoms with Crippen molar-refractivity contribution in [2.45, 2.75) is 37.9 Å². The molecule has 14 heteroatoms. The molecule has 0 aromatic heterocycles. The van der Waals surface area contributed by atoms with Crippen LogP contribution in [0.4, 0.5) is 26.3 Å². The molecule has 0 heterocycles. The van der Waals surface area contributed by atoms with Crippen molar-refractivity contribution >= 4 is 68.4 Å². The Kier molecular flexibility index (Phi) is 10.6. The van der Waals surface area contributed by atoms with Gasteiger partial charge in [-0.2, -0.15) is 13.2 Å². The van der Waals surface area contributed by atoms with Crippen molar-refractivity contribution < 1.29 is 35.9 Å². The highest BCUT2D eigenvalue weighted by molar-refractivity contribution is 9.10. The summed E-state index contributed by atoms with van der Waals surface area (Å²) in [6, 6.07) is 4.45. The molecular weight excluding hydrogens is 649 g/mol. The maximum Gasteiger partial charge on any atom is 0.406 e. The van der Waals surface area contributed by atoms with Gasteiger partial charge in [-0.15, -0.1) is 0 Å². The summed E-state index contributed by atoms with van der Waals surface area (Å²) in [7, 11) is 0.942. The van der Waals surface area contributed by atoms with Crippen molar-refractivity contribution in [3.63, 3.8) is 0 Å². The molecule has 0 bridgehead atoms. The Hall–Kier alpha value is -1.95. The number of hydrogen-bond acceptors (Lipinski definition) is 2. The van der Waals surface area contributed by atoms with Gasteiger partial charge in [-0.1, -0.05) is 40.9 Å². The number of benzene rings is 2. The number of halogens is 10. The summed E-state index contributed by atoms with van der Waals surface area (Å²) >= 11 is 20.8. The maximum absolute atomic E-state index is 15.1. The standard InChI is InChI=1S/C24H20BrCl3F6N2O2/c1-11(22(38)36(3)10-24(32,33)34)35-21(37)14-5-4-12(6-16(14)25)19(29)9-15(23(2,30)31)13-7-17(26)20(28)18(27)8-13/h4-9,11,15H,10H2,1-3H3,(H,35,37)/b19-9-. The molecule has 4 nitrogen and oxygen atoms in total. The number of likely N-dealkylation sites (N-methyl/N-ethyl adjacent to an activating group) is 1. The average Bonchev–Trinajstić information content (AvgIpc) is 2.77. The van der Waals surface area contributed by atoms with E-state index in [0.29, 0.717) is 17.9 Å². The van der Waals surface area contributed by atoms with Crippen LogP contribution in [0.25, 0.3) is 5.83 Å². The largest absolute Gasteiger partial charge is 0.406 e. The van der Waals surface area contributed by atoms with Crippen LogP contribution in [0.2, 0.25) is 15.1 Å². The number of allylic oxidation sites excluding steroid dienone is 1. The quantitative estimate of drug-likeness (QED) is 0.227. The number of nitrogens with zero attached hydrogens (tertiary/aromatic N) is 1. The predicted octanol–water partition coefficient (Wildman–Crippen LogP) is 8.30. The lowest BCUT2D eigenvalue weighted by atomic mass is 9.92.